The molecule has 4 rings (SSSR count). The molecule has 5 nitrogen and oxygen atoms in total. The van der Waals surface area contributed by atoms with Crippen LogP contribution in [0.15, 0.2) is 72.8 Å². The topological polar surface area (TPSA) is 59.9 Å². The number of aryl methyl sites for hydroxylation is 2. The minimum absolute atomic E-state index is 0.547. The molecule has 0 aliphatic carbocycles. The fourth-order valence-corrected chi connectivity index (χ4v) is 3.50. The van der Waals surface area contributed by atoms with Gasteiger partial charge in [-0.25, -0.2) is 4.98 Å². The van der Waals surface area contributed by atoms with E-state index in [9.17, 15) is 0 Å². The van der Waals surface area contributed by atoms with E-state index in [2.05, 4.69) is 67.7 Å². The van der Waals surface area contributed by atoms with Crippen LogP contribution in [0.1, 0.15) is 33.9 Å². The number of hydrogen-bond acceptors (Lipinski definition) is 5. The lowest BCUT2D eigenvalue weighted by Crippen LogP contribution is -2.09. The lowest BCUT2D eigenvalue weighted by molar-refractivity contribution is 0.415. The Morgan fingerprint density at radius 1 is 0.710 bits per heavy atom. The monoisotopic (exact) mass is 410 g/mol. The third-order valence-electron chi connectivity index (χ3n) is 4.96. The van der Waals surface area contributed by atoms with Gasteiger partial charge in [0.25, 0.3) is 0 Å². The van der Waals surface area contributed by atoms with Gasteiger partial charge in [0.2, 0.25) is 5.95 Å². The molecule has 5 heteroatoms. The number of benzene rings is 3. The molecule has 0 atom stereocenters. The van der Waals surface area contributed by atoms with E-state index in [-0.39, 0.29) is 0 Å². The van der Waals surface area contributed by atoms with E-state index in [1.54, 1.807) is 7.11 Å². The first-order valence-corrected chi connectivity index (χ1v) is 10.3. The van der Waals surface area contributed by atoms with E-state index < -0.39 is 0 Å². The lowest BCUT2D eigenvalue weighted by atomic mass is 10.1. The summed E-state index contributed by atoms with van der Waals surface area (Å²) in [5, 5.41) is 3.31. The van der Waals surface area contributed by atoms with Gasteiger partial charge >= 0.3 is 0 Å². The Hall–Kier alpha value is -3.73. The molecule has 3 aromatic carbocycles. The van der Waals surface area contributed by atoms with Gasteiger partial charge < -0.3 is 10.1 Å². The molecule has 0 aliphatic rings. The van der Waals surface area contributed by atoms with E-state index in [0.29, 0.717) is 18.8 Å². The third-order valence-corrected chi connectivity index (χ3v) is 4.96. The summed E-state index contributed by atoms with van der Waals surface area (Å²) in [6.07, 6.45) is 1.31. The summed E-state index contributed by atoms with van der Waals surface area (Å²) in [6.45, 7) is 4.19. The Bertz CT molecular complexity index is 1110. The fourth-order valence-electron chi connectivity index (χ4n) is 3.50. The van der Waals surface area contributed by atoms with Gasteiger partial charge in [-0.2, -0.15) is 9.97 Å². The zero-order chi connectivity index (χ0) is 21.6. The molecule has 0 bridgehead atoms. The molecule has 1 heterocycles. The van der Waals surface area contributed by atoms with E-state index in [1.165, 1.54) is 22.3 Å². The predicted molar refractivity (Wildman–Crippen MR) is 124 cm³/mol. The highest BCUT2D eigenvalue weighted by atomic mass is 16.5. The Kier molecular flexibility index (Phi) is 6.22. The lowest BCUT2D eigenvalue weighted by Gasteiger charge is -2.10. The molecule has 0 aliphatic heterocycles. The van der Waals surface area contributed by atoms with Crippen molar-refractivity contribution in [1.82, 2.24) is 15.0 Å². The molecule has 1 aromatic heterocycles. The van der Waals surface area contributed by atoms with Gasteiger partial charge in [-0.1, -0.05) is 59.7 Å². The largest absolute Gasteiger partial charge is 0.497 e. The van der Waals surface area contributed by atoms with Crippen LogP contribution < -0.4 is 10.1 Å². The number of nitrogens with zero attached hydrogens (tertiary/aromatic N) is 3. The van der Waals surface area contributed by atoms with Gasteiger partial charge in [0.1, 0.15) is 17.4 Å². The Balaban J connectivity index is 1.64. The minimum Gasteiger partial charge on any atom is -0.497 e. The van der Waals surface area contributed by atoms with Crippen molar-refractivity contribution in [3.8, 4) is 5.75 Å². The Morgan fingerprint density at radius 2 is 1.26 bits per heavy atom. The maximum atomic E-state index is 5.24. The molecule has 0 fully saturated rings. The van der Waals surface area contributed by atoms with Crippen LogP contribution in [0, 0.1) is 13.8 Å². The second-order valence-corrected chi connectivity index (χ2v) is 7.68. The maximum Gasteiger partial charge on any atom is 0.230 e. The van der Waals surface area contributed by atoms with Crippen LogP contribution in [-0.4, -0.2) is 22.1 Å². The van der Waals surface area contributed by atoms with Crippen molar-refractivity contribution in [2.45, 2.75) is 26.7 Å². The first-order valence-electron chi connectivity index (χ1n) is 10.3. The summed E-state index contributed by atoms with van der Waals surface area (Å²) in [5.74, 6) is 2.85. The summed E-state index contributed by atoms with van der Waals surface area (Å²) in [5.41, 5.74) is 5.72. The number of rotatable bonds is 7. The number of anilines is 2. The van der Waals surface area contributed by atoms with Crippen LogP contribution in [0.4, 0.5) is 11.6 Å². The molecular weight excluding hydrogens is 384 g/mol. The zero-order valence-corrected chi connectivity index (χ0v) is 18.1. The molecule has 1 N–H and O–H groups in total. The molecule has 0 radical (unpaired) electrons. The van der Waals surface area contributed by atoms with Crippen LogP contribution in [0.5, 0.6) is 5.75 Å². The average molecular weight is 411 g/mol. The fraction of sp³-hybridized carbons (Fsp3) is 0.192. The molecule has 0 saturated heterocycles. The Morgan fingerprint density at radius 3 is 1.74 bits per heavy atom. The van der Waals surface area contributed by atoms with Gasteiger partial charge in [-0.3, -0.25) is 0 Å². The highest BCUT2D eigenvalue weighted by Crippen LogP contribution is 2.19. The molecule has 0 saturated carbocycles. The first kappa shape index (κ1) is 20.5. The summed E-state index contributed by atoms with van der Waals surface area (Å²) >= 11 is 0. The van der Waals surface area contributed by atoms with Gasteiger partial charge in [-0.15, -0.1) is 0 Å². The SMILES string of the molecule is COc1ccc(Nc2nc(Cc3cccc(C)c3)nc(Cc3cccc(C)c3)n2)cc1. The van der Waals surface area contributed by atoms with Crippen LogP contribution in [0.25, 0.3) is 0 Å². The van der Waals surface area contributed by atoms with Crippen molar-refractivity contribution in [1.29, 1.82) is 0 Å². The number of aromatic nitrogens is 3. The van der Waals surface area contributed by atoms with Crippen LogP contribution in [0.2, 0.25) is 0 Å². The van der Waals surface area contributed by atoms with Crippen LogP contribution in [0.3, 0.4) is 0 Å². The molecule has 0 unspecified atom stereocenters. The van der Waals surface area contributed by atoms with Gasteiger partial charge in [0.05, 0.1) is 7.11 Å². The highest BCUT2D eigenvalue weighted by molar-refractivity contribution is 5.54. The Labute approximate surface area is 183 Å². The smallest absolute Gasteiger partial charge is 0.230 e. The van der Waals surface area contributed by atoms with Crippen LogP contribution in [-0.2, 0) is 12.8 Å². The number of nitrogens with one attached hydrogen (secondary N) is 1. The summed E-state index contributed by atoms with van der Waals surface area (Å²) in [7, 11) is 1.66. The third kappa shape index (κ3) is 5.66. The van der Waals surface area contributed by atoms with E-state index in [1.807, 2.05) is 24.3 Å². The maximum absolute atomic E-state index is 5.24. The molecule has 156 valence electrons. The minimum atomic E-state index is 0.547. The molecular formula is C26H26N4O. The first-order chi connectivity index (χ1) is 15.1. The standard InChI is InChI=1S/C26H26N4O/c1-18-6-4-8-20(14-18)16-24-28-25(17-21-9-5-7-19(2)15-21)30-26(29-24)27-22-10-12-23(31-3)13-11-22/h4-15H,16-17H2,1-3H3,(H,27,28,29,30). The van der Waals surface area contributed by atoms with Crippen molar-refractivity contribution < 1.29 is 4.74 Å². The highest BCUT2D eigenvalue weighted by Gasteiger charge is 2.10. The summed E-state index contributed by atoms with van der Waals surface area (Å²) < 4.78 is 5.24. The zero-order valence-electron chi connectivity index (χ0n) is 18.1. The van der Waals surface area contributed by atoms with Crippen molar-refractivity contribution in [2.24, 2.45) is 0 Å². The number of ether oxygens (including phenoxy) is 1. The van der Waals surface area contributed by atoms with Gasteiger partial charge in [-0.05, 0) is 49.2 Å². The van der Waals surface area contributed by atoms with Gasteiger partial charge in [0.15, 0.2) is 0 Å². The molecule has 31 heavy (non-hydrogen) atoms. The van der Waals surface area contributed by atoms with Crippen molar-refractivity contribution in [2.75, 3.05) is 12.4 Å². The second-order valence-electron chi connectivity index (χ2n) is 7.68. The quantitative estimate of drug-likeness (QED) is 0.441. The second kappa shape index (κ2) is 9.39. The predicted octanol–water partition coefficient (Wildman–Crippen LogP) is 5.42. The normalized spacial score (nSPS) is 10.7. The van der Waals surface area contributed by atoms with Crippen LogP contribution >= 0.6 is 0 Å². The van der Waals surface area contributed by atoms with E-state index >= 15 is 0 Å². The van der Waals surface area contributed by atoms with Gasteiger partial charge in [0, 0.05) is 18.5 Å². The molecule has 0 spiro atoms. The molecule has 0 amide bonds. The van der Waals surface area contributed by atoms with Crippen molar-refractivity contribution in [3.63, 3.8) is 0 Å². The van der Waals surface area contributed by atoms with E-state index in [4.69, 9.17) is 19.7 Å². The number of methoxy groups -OCH3 is 1. The summed E-state index contributed by atoms with van der Waals surface area (Å²) in [4.78, 5) is 14.2. The molecule has 4 aromatic rings. The van der Waals surface area contributed by atoms with Crippen molar-refractivity contribution >= 4 is 11.6 Å². The number of hydrogen-bond donors (Lipinski definition) is 1. The van der Waals surface area contributed by atoms with Crippen molar-refractivity contribution in [3.05, 3.63) is 107 Å². The summed E-state index contributed by atoms with van der Waals surface area (Å²) in [6, 6.07) is 24.6. The van der Waals surface area contributed by atoms with E-state index in [0.717, 1.165) is 23.1 Å². The average Bonchev–Trinajstić information content (AvgIpc) is 2.74.